The molecule has 0 bridgehead atoms. The van der Waals surface area contributed by atoms with E-state index in [1.807, 2.05) is 31.2 Å². The van der Waals surface area contributed by atoms with Gasteiger partial charge in [0.05, 0.1) is 11.7 Å². The number of likely N-dealkylation sites (tertiary alicyclic amines) is 1. The fraction of sp³-hybridized carbons (Fsp3) is 0.417. The van der Waals surface area contributed by atoms with Crippen LogP contribution in [0.4, 0.5) is 5.69 Å². The summed E-state index contributed by atoms with van der Waals surface area (Å²) in [5.41, 5.74) is 9.95. The highest BCUT2D eigenvalue weighted by molar-refractivity contribution is 6.30. The first-order valence-corrected chi connectivity index (χ1v) is 11.2. The van der Waals surface area contributed by atoms with E-state index in [1.165, 1.54) is 29.5 Å². The Morgan fingerprint density at radius 3 is 2.53 bits per heavy atom. The smallest absolute Gasteiger partial charge is 0.0621 e. The van der Waals surface area contributed by atoms with Crippen LogP contribution in [0.1, 0.15) is 54.8 Å². The Morgan fingerprint density at radius 2 is 1.83 bits per heavy atom. The van der Waals surface area contributed by atoms with E-state index in [9.17, 15) is 0 Å². The third kappa shape index (κ3) is 4.59. The van der Waals surface area contributed by atoms with Crippen molar-refractivity contribution >= 4 is 23.0 Å². The molecule has 1 fully saturated rings. The number of nitrogens with zero attached hydrogens (tertiary/aromatic N) is 1. The van der Waals surface area contributed by atoms with Gasteiger partial charge in [0.1, 0.15) is 0 Å². The molecule has 0 radical (unpaired) electrons. The highest BCUT2D eigenvalue weighted by Crippen LogP contribution is 2.36. The maximum Gasteiger partial charge on any atom is 0.0621 e. The van der Waals surface area contributed by atoms with Crippen LogP contribution in [-0.4, -0.2) is 31.6 Å². The summed E-state index contributed by atoms with van der Waals surface area (Å²) in [5, 5.41) is 8.08. The monoisotopic (exact) mass is 425 g/mol. The van der Waals surface area contributed by atoms with Gasteiger partial charge in [0.2, 0.25) is 0 Å². The van der Waals surface area contributed by atoms with Crippen molar-refractivity contribution in [3.63, 3.8) is 0 Å². The lowest BCUT2D eigenvalue weighted by atomic mass is 9.85. The number of hydrazine groups is 1. The van der Waals surface area contributed by atoms with E-state index in [1.54, 1.807) is 0 Å². The van der Waals surface area contributed by atoms with Gasteiger partial charge < -0.3 is 21.0 Å². The Labute approximate surface area is 184 Å². The van der Waals surface area contributed by atoms with Gasteiger partial charge in [0.25, 0.3) is 0 Å². The van der Waals surface area contributed by atoms with Gasteiger partial charge in [-0.05, 0) is 87.6 Å². The van der Waals surface area contributed by atoms with E-state index in [0.717, 1.165) is 48.2 Å². The number of fused-ring (bicyclic) bond motifs is 1. The Balaban J connectivity index is 1.72. The zero-order chi connectivity index (χ0) is 21.1. The molecule has 2 aromatic rings. The van der Waals surface area contributed by atoms with E-state index >= 15 is 0 Å². The zero-order valence-electron chi connectivity index (χ0n) is 17.8. The molecule has 2 aromatic carbocycles. The SMILES string of the molecule is C/C(NN)=C1/NCCC(Nc2ccc(Cl)cc2)c2cc(C3CCN(C)CC3)ccc21. The number of hydrogen-bond donors (Lipinski definition) is 4. The van der Waals surface area contributed by atoms with Gasteiger partial charge in [0, 0.05) is 28.5 Å². The van der Waals surface area contributed by atoms with Crippen molar-refractivity contribution in [1.82, 2.24) is 15.6 Å². The predicted octanol–water partition coefficient (Wildman–Crippen LogP) is 4.45. The summed E-state index contributed by atoms with van der Waals surface area (Å²) in [6.45, 7) is 5.22. The van der Waals surface area contributed by atoms with Gasteiger partial charge in [-0.1, -0.05) is 29.8 Å². The van der Waals surface area contributed by atoms with E-state index in [0.29, 0.717) is 5.92 Å². The second-order valence-corrected chi connectivity index (χ2v) is 8.92. The summed E-state index contributed by atoms with van der Waals surface area (Å²) < 4.78 is 0. The molecule has 6 heteroatoms. The lowest BCUT2D eigenvalue weighted by Crippen LogP contribution is -2.29. The summed E-state index contributed by atoms with van der Waals surface area (Å²) in [6, 6.07) is 15.2. The van der Waals surface area contributed by atoms with Crippen LogP contribution in [0.15, 0.2) is 48.2 Å². The van der Waals surface area contributed by atoms with Crippen molar-refractivity contribution in [3.8, 4) is 0 Å². The fourth-order valence-corrected chi connectivity index (χ4v) is 4.72. The molecule has 0 spiro atoms. The topological polar surface area (TPSA) is 65.3 Å². The molecular weight excluding hydrogens is 394 g/mol. The van der Waals surface area contributed by atoms with Crippen molar-refractivity contribution in [2.75, 3.05) is 32.0 Å². The van der Waals surface area contributed by atoms with Gasteiger partial charge in [-0.25, -0.2) is 0 Å². The molecular formula is C24H32ClN5. The Bertz CT molecular complexity index is 900. The molecule has 1 unspecified atom stereocenters. The molecule has 0 aromatic heterocycles. The number of allylic oxidation sites excluding steroid dienone is 1. The lowest BCUT2D eigenvalue weighted by molar-refractivity contribution is 0.255. The number of piperidine rings is 1. The van der Waals surface area contributed by atoms with E-state index in [2.05, 4.69) is 46.2 Å². The van der Waals surface area contributed by atoms with Crippen molar-refractivity contribution in [2.45, 2.75) is 38.1 Å². The van der Waals surface area contributed by atoms with Crippen LogP contribution in [-0.2, 0) is 0 Å². The van der Waals surface area contributed by atoms with Gasteiger partial charge in [-0.2, -0.15) is 0 Å². The van der Waals surface area contributed by atoms with Crippen LogP contribution >= 0.6 is 11.6 Å². The maximum atomic E-state index is 6.08. The molecule has 2 heterocycles. The number of rotatable bonds is 4. The van der Waals surface area contributed by atoms with Crippen LogP contribution in [0.5, 0.6) is 0 Å². The van der Waals surface area contributed by atoms with Crippen molar-refractivity contribution < 1.29 is 0 Å². The minimum Gasteiger partial charge on any atom is -0.383 e. The molecule has 1 atom stereocenters. The zero-order valence-corrected chi connectivity index (χ0v) is 18.6. The van der Waals surface area contributed by atoms with Crippen LogP contribution in [0.25, 0.3) is 5.70 Å². The first-order valence-electron chi connectivity index (χ1n) is 10.8. The summed E-state index contributed by atoms with van der Waals surface area (Å²) >= 11 is 6.08. The number of hydrogen-bond acceptors (Lipinski definition) is 5. The van der Waals surface area contributed by atoms with Crippen molar-refractivity contribution in [1.29, 1.82) is 0 Å². The molecule has 0 saturated carbocycles. The average Bonchev–Trinajstić information content (AvgIpc) is 2.94. The van der Waals surface area contributed by atoms with Gasteiger partial charge in [0.15, 0.2) is 0 Å². The molecule has 0 amide bonds. The quantitative estimate of drug-likeness (QED) is 0.430. The highest BCUT2D eigenvalue weighted by Gasteiger charge is 2.25. The third-order valence-corrected chi connectivity index (χ3v) is 6.67. The predicted molar refractivity (Wildman–Crippen MR) is 126 cm³/mol. The molecule has 1 saturated heterocycles. The molecule has 30 heavy (non-hydrogen) atoms. The standard InChI is InChI=1S/C24H32ClN5/c1-16(29-26)24-21-8-3-18(17-10-13-30(2)14-11-17)15-22(21)23(9-12-27-24)28-20-6-4-19(25)5-7-20/h3-8,15,17,23,27-29H,9-14,26H2,1-2H3/b24-16-. The molecule has 4 rings (SSSR count). The molecule has 5 nitrogen and oxygen atoms in total. The Morgan fingerprint density at radius 1 is 1.10 bits per heavy atom. The summed E-state index contributed by atoms with van der Waals surface area (Å²) in [5.74, 6) is 6.39. The molecule has 0 aliphatic carbocycles. The van der Waals surface area contributed by atoms with Gasteiger partial charge in [-0.3, -0.25) is 5.84 Å². The number of halogens is 1. The fourth-order valence-electron chi connectivity index (χ4n) is 4.59. The van der Waals surface area contributed by atoms with Crippen LogP contribution in [0, 0.1) is 0 Å². The number of anilines is 1. The summed E-state index contributed by atoms with van der Waals surface area (Å²) in [7, 11) is 2.21. The third-order valence-electron chi connectivity index (χ3n) is 6.42. The Kier molecular flexibility index (Phi) is 6.52. The van der Waals surface area contributed by atoms with E-state index < -0.39 is 0 Å². The van der Waals surface area contributed by atoms with E-state index in [-0.39, 0.29) is 6.04 Å². The summed E-state index contributed by atoms with van der Waals surface area (Å²) in [4.78, 5) is 2.42. The maximum absolute atomic E-state index is 6.08. The lowest BCUT2D eigenvalue weighted by Gasteiger charge is -2.30. The van der Waals surface area contributed by atoms with Crippen LogP contribution < -0.4 is 21.9 Å². The first kappa shape index (κ1) is 21.0. The van der Waals surface area contributed by atoms with Gasteiger partial charge >= 0.3 is 0 Å². The second-order valence-electron chi connectivity index (χ2n) is 8.49. The van der Waals surface area contributed by atoms with Crippen LogP contribution in [0.2, 0.25) is 5.02 Å². The largest absolute Gasteiger partial charge is 0.383 e. The number of nitrogens with two attached hydrogens (primary N) is 1. The second kappa shape index (κ2) is 9.29. The van der Waals surface area contributed by atoms with Crippen LogP contribution in [0.3, 0.4) is 0 Å². The molecule has 2 aliphatic rings. The van der Waals surface area contributed by atoms with E-state index in [4.69, 9.17) is 17.4 Å². The average molecular weight is 426 g/mol. The number of nitrogens with one attached hydrogen (secondary N) is 3. The first-order chi connectivity index (χ1) is 14.5. The number of benzene rings is 2. The molecule has 2 aliphatic heterocycles. The summed E-state index contributed by atoms with van der Waals surface area (Å²) in [6.07, 6.45) is 3.41. The van der Waals surface area contributed by atoms with Crippen molar-refractivity contribution in [3.05, 3.63) is 69.9 Å². The van der Waals surface area contributed by atoms with Gasteiger partial charge in [-0.15, -0.1) is 0 Å². The minimum atomic E-state index is 0.211. The molecule has 5 N–H and O–H groups in total. The molecule has 160 valence electrons. The van der Waals surface area contributed by atoms with Crippen molar-refractivity contribution in [2.24, 2.45) is 5.84 Å². The highest BCUT2D eigenvalue weighted by atomic mass is 35.5. The Hall–Kier alpha value is -2.21. The minimum absolute atomic E-state index is 0.211. The normalized spacial score (nSPS) is 21.9.